The smallest absolute Gasteiger partial charge is 0.407 e. The summed E-state index contributed by atoms with van der Waals surface area (Å²) in [7, 11) is 0. The SMILES string of the molecule is CC[C@H](NC(=O)C[C@H]1CCCC[C@H]1NC(=O)OCC1c2ccccc2-c2ccccc21)C(=O)O. The molecule has 2 aliphatic carbocycles. The Balaban J connectivity index is 1.35. The van der Waals surface area contributed by atoms with Gasteiger partial charge in [-0.25, -0.2) is 9.59 Å². The molecule has 3 atom stereocenters. The third-order valence-corrected chi connectivity index (χ3v) is 7.05. The number of amides is 2. The number of carbonyl (C=O) groups excluding carboxylic acids is 2. The second-order valence-electron chi connectivity index (χ2n) is 9.19. The number of hydrogen-bond acceptors (Lipinski definition) is 4. The van der Waals surface area contributed by atoms with Crippen LogP contribution in [0.2, 0.25) is 0 Å². The van der Waals surface area contributed by atoms with Crippen molar-refractivity contribution in [2.24, 2.45) is 5.92 Å². The van der Waals surface area contributed by atoms with Crippen LogP contribution in [0.1, 0.15) is 62.5 Å². The van der Waals surface area contributed by atoms with Crippen molar-refractivity contribution < 1.29 is 24.2 Å². The molecule has 180 valence electrons. The maximum Gasteiger partial charge on any atom is 0.407 e. The van der Waals surface area contributed by atoms with Crippen molar-refractivity contribution in [1.82, 2.24) is 10.6 Å². The number of carbonyl (C=O) groups is 3. The number of carboxylic acid groups (broad SMARTS) is 1. The molecule has 0 unspecified atom stereocenters. The largest absolute Gasteiger partial charge is 0.480 e. The summed E-state index contributed by atoms with van der Waals surface area (Å²) in [6.07, 6.45) is 3.58. The summed E-state index contributed by atoms with van der Waals surface area (Å²) in [6.45, 7) is 1.97. The van der Waals surface area contributed by atoms with Gasteiger partial charge in [0.2, 0.25) is 5.91 Å². The Hall–Kier alpha value is -3.35. The first-order valence-corrected chi connectivity index (χ1v) is 12.1. The highest BCUT2D eigenvalue weighted by molar-refractivity contribution is 5.83. The Morgan fingerprint density at radius 2 is 1.62 bits per heavy atom. The third-order valence-electron chi connectivity index (χ3n) is 7.05. The number of benzene rings is 2. The van der Waals surface area contributed by atoms with Crippen LogP contribution in [0.15, 0.2) is 48.5 Å². The molecule has 7 heteroatoms. The van der Waals surface area contributed by atoms with E-state index in [-0.39, 0.29) is 36.8 Å². The number of hydrogen-bond donors (Lipinski definition) is 3. The fourth-order valence-electron chi connectivity index (χ4n) is 5.26. The quantitative estimate of drug-likeness (QED) is 0.535. The van der Waals surface area contributed by atoms with Gasteiger partial charge in [-0.05, 0) is 47.4 Å². The standard InChI is InChI=1S/C27H32N2O5/c1-2-23(26(31)32)28-25(30)15-17-9-3-8-14-24(17)29-27(33)34-16-22-20-12-6-4-10-18(20)19-11-5-7-13-21(19)22/h4-7,10-13,17,22-24H,2-3,8-9,14-16H2,1H3,(H,28,30)(H,29,33)(H,31,32)/t17-,23+,24-/m1/s1. The minimum atomic E-state index is -1.03. The average molecular weight is 465 g/mol. The molecule has 0 spiro atoms. The van der Waals surface area contributed by atoms with Crippen molar-refractivity contribution in [3.63, 3.8) is 0 Å². The summed E-state index contributed by atoms with van der Waals surface area (Å²) in [5.74, 6) is -1.37. The molecule has 2 amide bonds. The summed E-state index contributed by atoms with van der Waals surface area (Å²) < 4.78 is 5.68. The van der Waals surface area contributed by atoms with Crippen LogP contribution in [0, 0.1) is 5.92 Å². The Morgan fingerprint density at radius 1 is 1.00 bits per heavy atom. The van der Waals surface area contributed by atoms with Crippen molar-refractivity contribution in [1.29, 1.82) is 0 Å². The van der Waals surface area contributed by atoms with Crippen molar-refractivity contribution in [2.45, 2.75) is 63.5 Å². The van der Waals surface area contributed by atoms with Gasteiger partial charge in [0, 0.05) is 18.4 Å². The maximum atomic E-state index is 12.7. The fraction of sp³-hybridized carbons (Fsp3) is 0.444. The molecule has 0 heterocycles. The van der Waals surface area contributed by atoms with Gasteiger partial charge in [-0.1, -0.05) is 68.3 Å². The highest BCUT2D eigenvalue weighted by Crippen LogP contribution is 2.44. The number of rotatable bonds is 8. The first-order chi connectivity index (χ1) is 16.5. The molecule has 7 nitrogen and oxygen atoms in total. The van der Waals surface area contributed by atoms with Crippen molar-refractivity contribution in [2.75, 3.05) is 6.61 Å². The summed E-state index contributed by atoms with van der Waals surface area (Å²) in [4.78, 5) is 36.4. The molecule has 34 heavy (non-hydrogen) atoms. The summed E-state index contributed by atoms with van der Waals surface area (Å²) in [6, 6.07) is 15.3. The van der Waals surface area contributed by atoms with Gasteiger partial charge < -0.3 is 20.5 Å². The predicted molar refractivity (Wildman–Crippen MR) is 128 cm³/mol. The molecule has 0 aliphatic heterocycles. The second-order valence-corrected chi connectivity index (χ2v) is 9.19. The van der Waals surface area contributed by atoms with Gasteiger partial charge in [-0.3, -0.25) is 4.79 Å². The minimum absolute atomic E-state index is 0.00641. The van der Waals surface area contributed by atoms with Crippen LogP contribution in [0.4, 0.5) is 4.79 Å². The summed E-state index contributed by atoms with van der Waals surface area (Å²) in [5, 5.41) is 14.7. The number of fused-ring (bicyclic) bond motifs is 3. The molecular formula is C27H32N2O5. The lowest BCUT2D eigenvalue weighted by Gasteiger charge is -2.32. The zero-order chi connectivity index (χ0) is 24.1. The Kier molecular flexibility index (Phi) is 7.50. The van der Waals surface area contributed by atoms with Crippen LogP contribution in [0.25, 0.3) is 11.1 Å². The molecule has 0 saturated heterocycles. The van der Waals surface area contributed by atoms with E-state index in [0.29, 0.717) is 6.42 Å². The van der Waals surface area contributed by atoms with Crippen LogP contribution < -0.4 is 10.6 Å². The van der Waals surface area contributed by atoms with Crippen LogP contribution >= 0.6 is 0 Å². The van der Waals surface area contributed by atoms with Crippen molar-refractivity contribution in [3.05, 3.63) is 59.7 Å². The molecule has 2 aromatic carbocycles. The maximum absolute atomic E-state index is 12.7. The third kappa shape index (κ3) is 5.24. The minimum Gasteiger partial charge on any atom is -0.480 e. The Bertz CT molecular complexity index is 1010. The van der Waals surface area contributed by atoms with Crippen LogP contribution in [-0.2, 0) is 14.3 Å². The molecule has 2 aliphatic rings. The van der Waals surface area contributed by atoms with Gasteiger partial charge >= 0.3 is 12.1 Å². The molecule has 0 aromatic heterocycles. The number of carboxylic acids is 1. The monoisotopic (exact) mass is 464 g/mol. The van der Waals surface area contributed by atoms with E-state index in [0.717, 1.165) is 36.8 Å². The lowest BCUT2D eigenvalue weighted by molar-refractivity contribution is -0.142. The van der Waals surface area contributed by atoms with E-state index in [1.54, 1.807) is 6.92 Å². The molecular weight excluding hydrogens is 432 g/mol. The van der Waals surface area contributed by atoms with Gasteiger partial charge in [-0.15, -0.1) is 0 Å². The number of aliphatic carboxylic acids is 1. The molecule has 1 fully saturated rings. The predicted octanol–water partition coefficient (Wildman–Crippen LogP) is 4.45. The molecule has 2 aromatic rings. The lowest BCUT2D eigenvalue weighted by atomic mass is 9.82. The van der Waals surface area contributed by atoms with E-state index in [2.05, 4.69) is 34.9 Å². The van der Waals surface area contributed by atoms with Crippen LogP contribution in [-0.4, -0.2) is 41.8 Å². The Morgan fingerprint density at radius 3 is 2.24 bits per heavy atom. The summed E-state index contributed by atoms with van der Waals surface area (Å²) >= 11 is 0. The highest BCUT2D eigenvalue weighted by Gasteiger charge is 2.32. The van der Waals surface area contributed by atoms with Crippen LogP contribution in [0.5, 0.6) is 0 Å². The molecule has 1 saturated carbocycles. The number of nitrogens with one attached hydrogen (secondary N) is 2. The topological polar surface area (TPSA) is 105 Å². The first kappa shape index (κ1) is 23.8. The zero-order valence-electron chi connectivity index (χ0n) is 19.5. The van der Waals surface area contributed by atoms with E-state index < -0.39 is 18.1 Å². The molecule has 3 N–H and O–H groups in total. The van der Waals surface area contributed by atoms with Gasteiger partial charge in [0.1, 0.15) is 12.6 Å². The molecule has 0 bridgehead atoms. The van der Waals surface area contributed by atoms with Gasteiger partial charge in [0.05, 0.1) is 0 Å². The van der Waals surface area contributed by atoms with Crippen molar-refractivity contribution >= 4 is 18.0 Å². The van der Waals surface area contributed by atoms with Crippen molar-refractivity contribution in [3.8, 4) is 11.1 Å². The van der Waals surface area contributed by atoms with E-state index in [1.807, 2.05) is 24.3 Å². The normalized spacial score (nSPS) is 20.0. The van der Waals surface area contributed by atoms with E-state index in [9.17, 15) is 19.5 Å². The van der Waals surface area contributed by atoms with E-state index in [4.69, 9.17) is 4.74 Å². The van der Waals surface area contributed by atoms with Gasteiger partial charge in [0.25, 0.3) is 0 Å². The summed E-state index contributed by atoms with van der Waals surface area (Å²) in [5.41, 5.74) is 4.68. The second kappa shape index (κ2) is 10.7. The van der Waals surface area contributed by atoms with E-state index in [1.165, 1.54) is 11.1 Å². The lowest BCUT2D eigenvalue weighted by Crippen LogP contribution is -2.46. The highest BCUT2D eigenvalue weighted by atomic mass is 16.5. The fourth-order valence-corrected chi connectivity index (χ4v) is 5.26. The first-order valence-electron chi connectivity index (χ1n) is 12.1. The number of alkyl carbamates (subject to hydrolysis) is 1. The Labute approximate surface area is 199 Å². The molecule has 4 rings (SSSR count). The number of ether oxygens (including phenoxy) is 1. The molecule has 0 radical (unpaired) electrons. The average Bonchev–Trinajstić information content (AvgIpc) is 3.16. The van der Waals surface area contributed by atoms with E-state index >= 15 is 0 Å². The van der Waals surface area contributed by atoms with Gasteiger partial charge in [0.15, 0.2) is 0 Å². The van der Waals surface area contributed by atoms with Gasteiger partial charge in [-0.2, -0.15) is 0 Å². The zero-order valence-corrected chi connectivity index (χ0v) is 19.5. The van der Waals surface area contributed by atoms with Crippen LogP contribution in [0.3, 0.4) is 0 Å².